The predicted octanol–water partition coefficient (Wildman–Crippen LogP) is 1.17. The van der Waals surface area contributed by atoms with Crippen LogP contribution in [0.1, 0.15) is 13.8 Å². The molecular weight excluding hydrogens is 116 g/mol. The number of Topliss-reactive ketones (excluding diaryl/α,β-unsaturated/α-hetero) is 1. The van der Waals surface area contributed by atoms with E-state index in [1.165, 1.54) is 6.92 Å². The third-order valence-corrected chi connectivity index (χ3v) is 0.978. The van der Waals surface area contributed by atoms with Crippen LogP contribution in [-0.4, -0.2) is 19.0 Å². The Morgan fingerprint density at radius 3 is 2.56 bits per heavy atom. The molecule has 0 aromatic carbocycles. The highest BCUT2D eigenvalue weighted by Crippen LogP contribution is 1.91. The SMILES string of the molecule is C=C(COCC)C(C)=O. The number of carbonyl (C=O) groups excluding carboxylic acids is 1. The molecule has 0 rings (SSSR count). The van der Waals surface area contributed by atoms with E-state index in [-0.39, 0.29) is 5.78 Å². The van der Waals surface area contributed by atoms with E-state index in [0.29, 0.717) is 18.8 Å². The first-order valence-corrected chi connectivity index (χ1v) is 2.95. The Morgan fingerprint density at radius 1 is 1.67 bits per heavy atom. The molecule has 0 fully saturated rings. The topological polar surface area (TPSA) is 26.3 Å². The van der Waals surface area contributed by atoms with Crippen molar-refractivity contribution >= 4 is 5.78 Å². The van der Waals surface area contributed by atoms with Crippen molar-refractivity contribution in [2.75, 3.05) is 13.2 Å². The summed E-state index contributed by atoms with van der Waals surface area (Å²) in [4.78, 5) is 10.5. The molecule has 52 valence electrons. The van der Waals surface area contributed by atoms with Crippen LogP contribution in [0.5, 0.6) is 0 Å². The van der Waals surface area contributed by atoms with Crippen LogP contribution in [0.3, 0.4) is 0 Å². The quantitative estimate of drug-likeness (QED) is 0.531. The molecule has 2 nitrogen and oxygen atoms in total. The van der Waals surface area contributed by atoms with Crippen LogP contribution in [0.25, 0.3) is 0 Å². The molecule has 0 radical (unpaired) electrons. The van der Waals surface area contributed by atoms with Gasteiger partial charge in [0.05, 0.1) is 6.61 Å². The number of hydrogen-bond acceptors (Lipinski definition) is 2. The number of rotatable bonds is 4. The fourth-order valence-electron chi connectivity index (χ4n) is 0.327. The third kappa shape index (κ3) is 3.91. The standard InChI is InChI=1S/C7H12O2/c1-4-9-5-6(2)7(3)8/h2,4-5H2,1,3H3. The van der Waals surface area contributed by atoms with Gasteiger partial charge in [-0.05, 0) is 13.8 Å². The van der Waals surface area contributed by atoms with Crippen molar-refractivity contribution in [3.05, 3.63) is 12.2 Å². The molecule has 0 heterocycles. The van der Waals surface area contributed by atoms with Crippen LogP contribution in [0, 0.1) is 0 Å². The van der Waals surface area contributed by atoms with Gasteiger partial charge >= 0.3 is 0 Å². The van der Waals surface area contributed by atoms with Gasteiger partial charge in [-0.1, -0.05) is 6.58 Å². The van der Waals surface area contributed by atoms with Gasteiger partial charge in [0.2, 0.25) is 0 Å². The summed E-state index contributed by atoms with van der Waals surface area (Å²) in [6.07, 6.45) is 0. The molecule has 0 saturated heterocycles. The molecule has 0 spiro atoms. The van der Waals surface area contributed by atoms with E-state index in [1.807, 2.05) is 6.92 Å². The summed E-state index contributed by atoms with van der Waals surface area (Å²) < 4.78 is 4.94. The molecule has 0 N–H and O–H groups in total. The minimum absolute atomic E-state index is 0.00319. The summed E-state index contributed by atoms with van der Waals surface area (Å²) >= 11 is 0. The number of carbonyl (C=O) groups is 1. The molecule has 0 aliphatic rings. The van der Waals surface area contributed by atoms with Crippen LogP contribution in [0.15, 0.2) is 12.2 Å². The fourth-order valence-corrected chi connectivity index (χ4v) is 0.327. The molecule has 0 aliphatic heterocycles. The normalized spacial score (nSPS) is 9.11. The molecule has 2 heteroatoms. The first kappa shape index (κ1) is 8.37. The summed E-state index contributed by atoms with van der Waals surface area (Å²) in [5, 5.41) is 0. The first-order valence-electron chi connectivity index (χ1n) is 2.95. The van der Waals surface area contributed by atoms with Gasteiger partial charge in [-0.3, -0.25) is 4.79 Å². The highest BCUT2D eigenvalue weighted by Gasteiger charge is 1.97. The monoisotopic (exact) mass is 128 g/mol. The summed E-state index contributed by atoms with van der Waals surface area (Å²) in [7, 11) is 0. The number of ether oxygens (including phenoxy) is 1. The average molecular weight is 128 g/mol. The zero-order valence-corrected chi connectivity index (χ0v) is 5.94. The summed E-state index contributed by atoms with van der Waals surface area (Å²) in [6.45, 7) is 7.89. The zero-order chi connectivity index (χ0) is 7.28. The van der Waals surface area contributed by atoms with Crippen LogP contribution in [0.4, 0.5) is 0 Å². The van der Waals surface area contributed by atoms with Crippen LogP contribution < -0.4 is 0 Å². The largest absolute Gasteiger partial charge is 0.377 e. The van der Waals surface area contributed by atoms with E-state index in [4.69, 9.17) is 4.74 Å². The molecule has 0 bridgehead atoms. The van der Waals surface area contributed by atoms with Gasteiger partial charge in [0.15, 0.2) is 5.78 Å². The van der Waals surface area contributed by atoms with Gasteiger partial charge < -0.3 is 4.74 Å². The van der Waals surface area contributed by atoms with Crippen molar-refractivity contribution in [3.8, 4) is 0 Å². The molecule has 0 amide bonds. The Hall–Kier alpha value is -0.630. The molecule has 9 heavy (non-hydrogen) atoms. The van der Waals surface area contributed by atoms with Gasteiger partial charge in [-0.25, -0.2) is 0 Å². The Bertz CT molecular complexity index is 116. The summed E-state index contributed by atoms with van der Waals surface area (Å²) in [5.41, 5.74) is 0.539. The lowest BCUT2D eigenvalue weighted by atomic mass is 10.2. The number of hydrogen-bond donors (Lipinski definition) is 0. The summed E-state index contributed by atoms with van der Waals surface area (Å²) in [5.74, 6) is 0.00319. The molecular formula is C7H12O2. The van der Waals surface area contributed by atoms with Crippen molar-refractivity contribution in [3.63, 3.8) is 0 Å². The highest BCUT2D eigenvalue weighted by molar-refractivity contribution is 5.92. The fraction of sp³-hybridized carbons (Fsp3) is 0.571. The third-order valence-electron chi connectivity index (χ3n) is 0.978. The number of ketones is 1. The van der Waals surface area contributed by atoms with Gasteiger partial charge in [-0.15, -0.1) is 0 Å². The Balaban J connectivity index is 3.39. The Kier molecular flexibility index (Phi) is 3.97. The van der Waals surface area contributed by atoms with E-state index in [2.05, 4.69) is 6.58 Å². The van der Waals surface area contributed by atoms with E-state index in [9.17, 15) is 4.79 Å². The first-order chi connectivity index (χ1) is 4.18. The maximum Gasteiger partial charge on any atom is 0.157 e. The van der Waals surface area contributed by atoms with Crippen LogP contribution >= 0.6 is 0 Å². The lowest BCUT2D eigenvalue weighted by Crippen LogP contribution is -2.03. The van der Waals surface area contributed by atoms with E-state index >= 15 is 0 Å². The van der Waals surface area contributed by atoms with Gasteiger partial charge in [0.1, 0.15) is 0 Å². The van der Waals surface area contributed by atoms with Crippen molar-refractivity contribution < 1.29 is 9.53 Å². The second-order valence-electron chi connectivity index (χ2n) is 1.80. The summed E-state index contributed by atoms with van der Waals surface area (Å²) in [6, 6.07) is 0. The molecule has 0 aromatic rings. The van der Waals surface area contributed by atoms with E-state index < -0.39 is 0 Å². The predicted molar refractivity (Wildman–Crippen MR) is 36.3 cm³/mol. The Labute approximate surface area is 55.5 Å². The zero-order valence-electron chi connectivity index (χ0n) is 5.94. The van der Waals surface area contributed by atoms with Crippen LogP contribution in [-0.2, 0) is 9.53 Å². The lowest BCUT2D eigenvalue weighted by molar-refractivity contribution is -0.114. The van der Waals surface area contributed by atoms with Gasteiger partial charge in [0, 0.05) is 12.2 Å². The molecule has 0 aromatic heterocycles. The maximum atomic E-state index is 10.5. The van der Waals surface area contributed by atoms with E-state index in [1.54, 1.807) is 0 Å². The molecule has 0 unspecified atom stereocenters. The van der Waals surface area contributed by atoms with Crippen LogP contribution in [0.2, 0.25) is 0 Å². The van der Waals surface area contributed by atoms with Gasteiger partial charge in [0.25, 0.3) is 0 Å². The highest BCUT2D eigenvalue weighted by atomic mass is 16.5. The van der Waals surface area contributed by atoms with Crippen molar-refractivity contribution in [1.82, 2.24) is 0 Å². The maximum absolute atomic E-state index is 10.5. The molecule has 0 aliphatic carbocycles. The Morgan fingerprint density at radius 2 is 2.22 bits per heavy atom. The average Bonchev–Trinajstić information content (AvgIpc) is 1.82. The minimum atomic E-state index is 0.00319. The lowest BCUT2D eigenvalue weighted by Gasteiger charge is -1.99. The van der Waals surface area contributed by atoms with Gasteiger partial charge in [-0.2, -0.15) is 0 Å². The van der Waals surface area contributed by atoms with Crippen molar-refractivity contribution in [2.24, 2.45) is 0 Å². The molecule has 0 atom stereocenters. The smallest absolute Gasteiger partial charge is 0.157 e. The second kappa shape index (κ2) is 4.27. The van der Waals surface area contributed by atoms with Crippen molar-refractivity contribution in [1.29, 1.82) is 0 Å². The molecule has 0 saturated carbocycles. The van der Waals surface area contributed by atoms with Crippen molar-refractivity contribution in [2.45, 2.75) is 13.8 Å². The second-order valence-corrected chi connectivity index (χ2v) is 1.80. The van der Waals surface area contributed by atoms with E-state index in [0.717, 1.165) is 0 Å². The minimum Gasteiger partial charge on any atom is -0.377 e.